The van der Waals surface area contributed by atoms with Gasteiger partial charge in [-0.25, -0.2) is 9.97 Å². The van der Waals surface area contributed by atoms with Gasteiger partial charge in [-0.05, 0) is 18.0 Å². The summed E-state index contributed by atoms with van der Waals surface area (Å²) in [7, 11) is 1.83. The van der Waals surface area contributed by atoms with Gasteiger partial charge in [0, 0.05) is 5.56 Å². The summed E-state index contributed by atoms with van der Waals surface area (Å²) in [5, 5.41) is 0. The maximum absolute atomic E-state index is 12.5. The number of fused-ring (bicyclic) bond motifs is 1. The molecule has 4 nitrogen and oxygen atoms in total. The Morgan fingerprint density at radius 3 is 2.60 bits per heavy atom. The zero-order valence-electron chi connectivity index (χ0n) is 11.4. The van der Waals surface area contributed by atoms with E-state index in [0.717, 1.165) is 22.3 Å². The molecule has 1 aromatic carbocycles. The fraction of sp³-hybridized carbons (Fsp3) is 0.133. The van der Waals surface area contributed by atoms with Crippen molar-refractivity contribution in [2.45, 2.75) is 12.8 Å². The fourth-order valence-corrected chi connectivity index (χ4v) is 2.62. The van der Waals surface area contributed by atoms with Gasteiger partial charge in [0.25, 0.3) is 0 Å². The molecule has 1 aliphatic rings. The van der Waals surface area contributed by atoms with Gasteiger partial charge in [0.1, 0.15) is 7.85 Å². The lowest BCUT2D eigenvalue weighted by Crippen LogP contribution is -2.24. The molecule has 1 aromatic heterocycles. The lowest BCUT2D eigenvalue weighted by atomic mass is 9.74. The van der Waals surface area contributed by atoms with Crippen LogP contribution in [0.1, 0.15) is 28.4 Å². The molecule has 0 radical (unpaired) electrons. The van der Waals surface area contributed by atoms with Gasteiger partial charge in [-0.1, -0.05) is 36.4 Å². The Balaban J connectivity index is 2.27. The Morgan fingerprint density at radius 1 is 1.20 bits per heavy atom. The number of nitrogens with two attached hydrogens (primary N) is 1. The van der Waals surface area contributed by atoms with Gasteiger partial charge in [-0.3, -0.25) is 4.79 Å². The minimum absolute atomic E-state index is 0.0706. The molecule has 0 bridgehead atoms. The summed E-state index contributed by atoms with van der Waals surface area (Å²) in [5.74, 6) is -0.107. The van der Waals surface area contributed by atoms with Gasteiger partial charge in [0.2, 0.25) is 5.95 Å². The molecule has 20 heavy (non-hydrogen) atoms. The molecule has 1 unspecified atom stereocenters. The van der Waals surface area contributed by atoms with Crippen LogP contribution in [-0.4, -0.2) is 23.6 Å². The van der Waals surface area contributed by atoms with E-state index in [1.807, 2.05) is 51.2 Å². The molecule has 5 heteroatoms. The zero-order chi connectivity index (χ0) is 14.3. The van der Waals surface area contributed by atoms with Gasteiger partial charge in [-0.15, -0.1) is 0 Å². The number of allylic oxidation sites excluding steroid dienone is 1. The normalized spacial score (nSPS) is 17.6. The predicted octanol–water partition coefficient (Wildman–Crippen LogP) is 1.06. The smallest absolute Gasteiger partial charge is 0.220 e. The number of aryl methyl sites for hydroxylation is 1. The monoisotopic (exact) mass is 263 g/mol. The number of ketones is 1. The summed E-state index contributed by atoms with van der Waals surface area (Å²) in [6, 6.07) is 9.66. The standard InChI is InChI=1S/C15H14BN3O/c1-8-10-7-11(16)14(20)12(9-5-3-2-4-6-9)13(10)19-15(17)18-8/h2-7,12H,16H2,1H3,(H2,17,18,19). The zero-order valence-corrected chi connectivity index (χ0v) is 11.4. The highest BCUT2D eigenvalue weighted by molar-refractivity contribution is 6.41. The number of nitrogens with zero attached hydrogens (tertiary/aromatic N) is 2. The summed E-state index contributed by atoms with van der Waals surface area (Å²) >= 11 is 0. The van der Waals surface area contributed by atoms with Crippen molar-refractivity contribution in [3.63, 3.8) is 0 Å². The number of anilines is 1. The van der Waals surface area contributed by atoms with E-state index in [9.17, 15) is 4.79 Å². The van der Waals surface area contributed by atoms with Crippen LogP contribution in [0.3, 0.4) is 0 Å². The van der Waals surface area contributed by atoms with E-state index >= 15 is 0 Å². The molecule has 0 aliphatic heterocycles. The SMILES string of the molecule is BC1=Cc2c(C)nc(N)nc2C(c2ccccc2)C1=O. The van der Waals surface area contributed by atoms with Gasteiger partial charge < -0.3 is 5.73 Å². The van der Waals surface area contributed by atoms with E-state index in [1.54, 1.807) is 0 Å². The van der Waals surface area contributed by atoms with Crippen molar-refractivity contribution in [2.75, 3.05) is 5.73 Å². The molecule has 0 fully saturated rings. The average molecular weight is 263 g/mol. The summed E-state index contributed by atoms with van der Waals surface area (Å²) in [5.41, 5.74) is 9.83. The molecule has 1 atom stereocenters. The first-order valence-corrected chi connectivity index (χ1v) is 6.49. The van der Waals surface area contributed by atoms with E-state index in [2.05, 4.69) is 9.97 Å². The predicted molar refractivity (Wildman–Crippen MR) is 81.0 cm³/mol. The lowest BCUT2D eigenvalue weighted by Gasteiger charge is -2.24. The maximum Gasteiger partial charge on any atom is 0.220 e. The number of carbonyl (C=O) groups is 1. The number of carbonyl (C=O) groups excluding carboxylic acids is 1. The number of aromatic nitrogens is 2. The van der Waals surface area contributed by atoms with Gasteiger partial charge >= 0.3 is 0 Å². The molecule has 2 aromatic rings. The lowest BCUT2D eigenvalue weighted by molar-refractivity contribution is -0.115. The first-order valence-electron chi connectivity index (χ1n) is 6.49. The molecule has 0 saturated carbocycles. The molecule has 1 aliphatic carbocycles. The number of hydrogen-bond acceptors (Lipinski definition) is 4. The van der Waals surface area contributed by atoms with Crippen molar-refractivity contribution in [1.29, 1.82) is 0 Å². The summed E-state index contributed by atoms with van der Waals surface area (Å²) in [4.78, 5) is 21.0. The van der Waals surface area contributed by atoms with Crippen molar-refractivity contribution < 1.29 is 4.79 Å². The molecule has 3 rings (SSSR count). The van der Waals surface area contributed by atoms with Gasteiger partial charge in [0.15, 0.2) is 5.78 Å². The third-order valence-corrected chi connectivity index (χ3v) is 3.60. The molecule has 1 heterocycles. The third-order valence-electron chi connectivity index (χ3n) is 3.60. The Labute approximate surface area is 118 Å². The van der Waals surface area contributed by atoms with Crippen LogP contribution in [0.5, 0.6) is 0 Å². The minimum Gasteiger partial charge on any atom is -0.368 e. The van der Waals surface area contributed by atoms with Crippen molar-refractivity contribution in [3.05, 3.63) is 58.3 Å². The first kappa shape index (κ1) is 12.6. The number of benzene rings is 1. The second-order valence-corrected chi connectivity index (χ2v) is 5.00. The molecular weight excluding hydrogens is 249 g/mol. The van der Waals surface area contributed by atoms with Crippen LogP contribution < -0.4 is 5.73 Å². The quantitative estimate of drug-likeness (QED) is 0.781. The van der Waals surface area contributed by atoms with E-state index < -0.39 is 0 Å². The summed E-state index contributed by atoms with van der Waals surface area (Å²) < 4.78 is 0. The average Bonchev–Trinajstić information content (AvgIpc) is 2.42. The summed E-state index contributed by atoms with van der Waals surface area (Å²) in [6.45, 7) is 1.89. The van der Waals surface area contributed by atoms with Crippen LogP contribution in [-0.2, 0) is 4.79 Å². The Hall–Kier alpha value is -2.43. The highest BCUT2D eigenvalue weighted by Gasteiger charge is 2.31. The van der Waals surface area contributed by atoms with E-state index in [1.165, 1.54) is 0 Å². The minimum atomic E-state index is -0.389. The molecule has 98 valence electrons. The van der Waals surface area contributed by atoms with Crippen LogP contribution >= 0.6 is 0 Å². The molecule has 2 N–H and O–H groups in total. The Morgan fingerprint density at radius 2 is 1.90 bits per heavy atom. The highest BCUT2D eigenvalue weighted by atomic mass is 16.1. The number of rotatable bonds is 1. The van der Waals surface area contributed by atoms with Gasteiger partial charge in [0.05, 0.1) is 17.3 Å². The highest BCUT2D eigenvalue weighted by Crippen LogP contribution is 2.35. The second kappa shape index (κ2) is 4.60. The van der Waals surface area contributed by atoms with Crippen LogP contribution in [0.25, 0.3) is 6.08 Å². The number of hydrogen-bond donors (Lipinski definition) is 1. The molecule has 0 amide bonds. The van der Waals surface area contributed by atoms with E-state index in [0.29, 0.717) is 5.69 Å². The summed E-state index contributed by atoms with van der Waals surface area (Å²) in [6.07, 6.45) is 1.85. The van der Waals surface area contributed by atoms with Gasteiger partial charge in [-0.2, -0.15) is 0 Å². The largest absolute Gasteiger partial charge is 0.368 e. The van der Waals surface area contributed by atoms with Crippen molar-refractivity contribution >= 4 is 25.7 Å². The van der Waals surface area contributed by atoms with E-state index in [4.69, 9.17) is 5.73 Å². The molecule has 0 spiro atoms. The Kier molecular flexibility index (Phi) is 2.90. The topological polar surface area (TPSA) is 68.9 Å². The van der Waals surface area contributed by atoms with Crippen LogP contribution in [0.4, 0.5) is 5.95 Å². The molecule has 0 saturated heterocycles. The number of nitrogen functional groups attached to an aromatic ring is 1. The second-order valence-electron chi connectivity index (χ2n) is 5.00. The van der Waals surface area contributed by atoms with Crippen molar-refractivity contribution in [2.24, 2.45) is 0 Å². The van der Waals surface area contributed by atoms with Crippen molar-refractivity contribution in [3.8, 4) is 0 Å². The van der Waals surface area contributed by atoms with Crippen molar-refractivity contribution in [1.82, 2.24) is 9.97 Å². The van der Waals surface area contributed by atoms with Crippen LogP contribution in [0.2, 0.25) is 0 Å². The fourth-order valence-electron chi connectivity index (χ4n) is 2.62. The maximum atomic E-state index is 12.5. The van der Waals surface area contributed by atoms with E-state index in [-0.39, 0.29) is 17.6 Å². The van der Waals surface area contributed by atoms with Crippen LogP contribution in [0.15, 0.2) is 35.8 Å². The van der Waals surface area contributed by atoms with Crippen LogP contribution in [0, 0.1) is 6.92 Å². The third kappa shape index (κ3) is 1.91. The number of Topliss-reactive ketones (excluding diaryl/α,β-unsaturated/α-hetero) is 1. The first-order chi connectivity index (χ1) is 9.58. The Bertz CT molecular complexity index is 725. The molecular formula is C15H14BN3O.